The standard InChI is InChI=1S/C8H4N2O/c9-5-1-3-7-8(11)4-2-6-10-7/h2,4,6,11H. The summed E-state index contributed by atoms with van der Waals surface area (Å²) >= 11 is 0. The van der Waals surface area contributed by atoms with Crippen LogP contribution in [-0.2, 0) is 0 Å². The van der Waals surface area contributed by atoms with Gasteiger partial charge in [0.25, 0.3) is 0 Å². The van der Waals surface area contributed by atoms with Crippen molar-refractivity contribution in [2.75, 3.05) is 0 Å². The molecule has 0 aliphatic heterocycles. The highest BCUT2D eigenvalue weighted by molar-refractivity contribution is 5.41. The van der Waals surface area contributed by atoms with Crippen LogP contribution in [0.25, 0.3) is 0 Å². The molecule has 1 heterocycles. The van der Waals surface area contributed by atoms with Crippen molar-refractivity contribution in [3.63, 3.8) is 0 Å². The lowest BCUT2D eigenvalue weighted by Gasteiger charge is -1.90. The lowest BCUT2D eigenvalue weighted by Crippen LogP contribution is -1.80. The predicted molar refractivity (Wildman–Crippen MR) is 38.4 cm³/mol. The van der Waals surface area contributed by atoms with Gasteiger partial charge in [0.2, 0.25) is 0 Å². The Morgan fingerprint density at radius 3 is 3.00 bits per heavy atom. The highest BCUT2D eigenvalue weighted by Crippen LogP contribution is 2.09. The van der Waals surface area contributed by atoms with Crippen LogP contribution in [0.3, 0.4) is 0 Å². The summed E-state index contributed by atoms with van der Waals surface area (Å²) in [7, 11) is 0. The Morgan fingerprint density at radius 1 is 1.55 bits per heavy atom. The van der Waals surface area contributed by atoms with Crippen molar-refractivity contribution in [3.8, 4) is 23.7 Å². The van der Waals surface area contributed by atoms with Crippen LogP contribution in [0.1, 0.15) is 5.69 Å². The number of aromatic hydroxyl groups is 1. The summed E-state index contributed by atoms with van der Waals surface area (Å²) in [5.41, 5.74) is 0.231. The van der Waals surface area contributed by atoms with Crippen LogP contribution >= 0.6 is 0 Å². The second-order valence-corrected chi connectivity index (χ2v) is 1.73. The van der Waals surface area contributed by atoms with E-state index in [2.05, 4.69) is 16.8 Å². The molecule has 0 fully saturated rings. The van der Waals surface area contributed by atoms with Crippen molar-refractivity contribution in [3.05, 3.63) is 24.0 Å². The van der Waals surface area contributed by atoms with Gasteiger partial charge in [-0.2, -0.15) is 5.26 Å². The number of hydrogen-bond acceptors (Lipinski definition) is 3. The van der Waals surface area contributed by atoms with E-state index in [1.54, 1.807) is 12.1 Å². The van der Waals surface area contributed by atoms with Crippen LogP contribution in [0.2, 0.25) is 0 Å². The number of rotatable bonds is 0. The van der Waals surface area contributed by atoms with Gasteiger partial charge in [0.1, 0.15) is 5.75 Å². The van der Waals surface area contributed by atoms with Gasteiger partial charge in [-0.25, -0.2) is 4.98 Å². The molecule has 0 saturated carbocycles. The van der Waals surface area contributed by atoms with E-state index in [9.17, 15) is 0 Å². The predicted octanol–water partition coefficient (Wildman–Crippen LogP) is 0.662. The zero-order valence-corrected chi connectivity index (χ0v) is 5.57. The number of aromatic nitrogens is 1. The maximum absolute atomic E-state index is 9.06. The molecule has 0 aliphatic carbocycles. The van der Waals surface area contributed by atoms with E-state index in [0.717, 1.165) is 0 Å². The first kappa shape index (κ1) is 7.11. The second kappa shape index (κ2) is 3.24. The Morgan fingerprint density at radius 2 is 2.36 bits per heavy atom. The molecular formula is C8H4N2O. The summed E-state index contributed by atoms with van der Waals surface area (Å²) in [6, 6.07) is 4.69. The highest BCUT2D eigenvalue weighted by Gasteiger charge is 1.93. The molecule has 1 rings (SSSR count). The SMILES string of the molecule is N#CC#Cc1ncccc1O. The number of pyridine rings is 1. The van der Waals surface area contributed by atoms with Gasteiger partial charge in [-0.15, -0.1) is 0 Å². The van der Waals surface area contributed by atoms with Crippen LogP contribution in [0.5, 0.6) is 5.75 Å². The van der Waals surface area contributed by atoms with Gasteiger partial charge in [0.05, 0.1) is 0 Å². The third-order valence-electron chi connectivity index (χ3n) is 1.02. The molecule has 52 valence electrons. The summed E-state index contributed by atoms with van der Waals surface area (Å²) in [5.74, 6) is 4.52. The van der Waals surface area contributed by atoms with Crippen molar-refractivity contribution in [1.29, 1.82) is 5.26 Å². The van der Waals surface area contributed by atoms with Gasteiger partial charge < -0.3 is 5.11 Å². The van der Waals surface area contributed by atoms with Crippen LogP contribution in [0.4, 0.5) is 0 Å². The van der Waals surface area contributed by atoms with Gasteiger partial charge in [-0.1, -0.05) is 0 Å². The summed E-state index contributed by atoms with van der Waals surface area (Å²) in [4.78, 5) is 3.74. The average molecular weight is 144 g/mol. The maximum atomic E-state index is 9.06. The maximum Gasteiger partial charge on any atom is 0.155 e. The van der Waals surface area contributed by atoms with E-state index in [-0.39, 0.29) is 11.4 Å². The first-order valence-corrected chi connectivity index (χ1v) is 2.88. The van der Waals surface area contributed by atoms with Crippen molar-refractivity contribution in [2.24, 2.45) is 0 Å². The minimum atomic E-state index is -0.00440. The van der Waals surface area contributed by atoms with E-state index >= 15 is 0 Å². The smallest absolute Gasteiger partial charge is 0.155 e. The molecule has 0 saturated heterocycles. The molecule has 11 heavy (non-hydrogen) atoms. The zero-order valence-electron chi connectivity index (χ0n) is 5.57. The van der Waals surface area contributed by atoms with Crippen molar-refractivity contribution >= 4 is 0 Å². The van der Waals surface area contributed by atoms with Crippen molar-refractivity contribution < 1.29 is 5.11 Å². The first-order chi connectivity index (χ1) is 5.34. The molecule has 3 nitrogen and oxygen atoms in total. The van der Waals surface area contributed by atoms with E-state index < -0.39 is 0 Å². The molecule has 0 aromatic carbocycles. The summed E-state index contributed by atoms with van der Waals surface area (Å²) < 4.78 is 0. The molecule has 0 amide bonds. The summed E-state index contributed by atoms with van der Waals surface area (Å²) in [6.45, 7) is 0. The molecule has 3 heteroatoms. The minimum Gasteiger partial charge on any atom is -0.505 e. The summed E-state index contributed by atoms with van der Waals surface area (Å²) in [5, 5.41) is 17.1. The van der Waals surface area contributed by atoms with Gasteiger partial charge in [-0.05, 0) is 18.1 Å². The topological polar surface area (TPSA) is 56.9 Å². The lowest BCUT2D eigenvalue weighted by molar-refractivity contribution is 0.471. The second-order valence-electron chi connectivity index (χ2n) is 1.73. The molecule has 0 radical (unpaired) electrons. The van der Waals surface area contributed by atoms with E-state index in [1.807, 2.05) is 0 Å². The molecule has 0 aliphatic rings. The third-order valence-corrected chi connectivity index (χ3v) is 1.02. The Kier molecular flexibility index (Phi) is 2.09. The monoisotopic (exact) mass is 144 g/mol. The lowest BCUT2D eigenvalue weighted by atomic mass is 10.3. The fourth-order valence-corrected chi connectivity index (χ4v) is 0.580. The number of hydrogen-bond donors (Lipinski definition) is 1. The molecular weight excluding hydrogens is 140 g/mol. The fraction of sp³-hybridized carbons (Fsp3) is 0. The van der Waals surface area contributed by atoms with Gasteiger partial charge in [-0.3, -0.25) is 0 Å². The van der Waals surface area contributed by atoms with Gasteiger partial charge in [0, 0.05) is 12.1 Å². The quantitative estimate of drug-likeness (QED) is 0.544. The van der Waals surface area contributed by atoms with Crippen LogP contribution in [-0.4, -0.2) is 10.1 Å². The van der Waals surface area contributed by atoms with E-state index in [0.29, 0.717) is 0 Å². The molecule has 1 aromatic heterocycles. The minimum absolute atomic E-state index is 0.00440. The van der Waals surface area contributed by atoms with Crippen molar-refractivity contribution in [1.82, 2.24) is 4.98 Å². The van der Waals surface area contributed by atoms with Crippen LogP contribution in [0.15, 0.2) is 18.3 Å². The molecule has 0 atom stereocenters. The average Bonchev–Trinajstić information content (AvgIpc) is 2.03. The largest absolute Gasteiger partial charge is 0.505 e. The zero-order chi connectivity index (χ0) is 8.10. The Hall–Kier alpha value is -2.00. The highest BCUT2D eigenvalue weighted by atomic mass is 16.3. The van der Waals surface area contributed by atoms with Crippen molar-refractivity contribution in [2.45, 2.75) is 0 Å². The Labute approximate surface area is 63.9 Å². The summed E-state index contributed by atoms with van der Waals surface area (Å²) in [6.07, 6.45) is 1.50. The number of nitrogens with zero attached hydrogens (tertiary/aromatic N) is 2. The van der Waals surface area contributed by atoms with E-state index in [1.165, 1.54) is 12.3 Å². The Balaban J connectivity index is 3.07. The van der Waals surface area contributed by atoms with Gasteiger partial charge in [0.15, 0.2) is 11.8 Å². The van der Waals surface area contributed by atoms with Gasteiger partial charge >= 0.3 is 0 Å². The normalized spacial score (nSPS) is 7.55. The van der Waals surface area contributed by atoms with Crippen LogP contribution < -0.4 is 0 Å². The molecule has 0 spiro atoms. The fourth-order valence-electron chi connectivity index (χ4n) is 0.580. The molecule has 1 N–H and O–H groups in total. The Bertz CT molecular complexity index is 354. The first-order valence-electron chi connectivity index (χ1n) is 2.88. The van der Waals surface area contributed by atoms with Crippen LogP contribution in [0, 0.1) is 23.2 Å². The molecule has 1 aromatic rings. The third kappa shape index (κ3) is 1.70. The molecule has 0 unspecified atom stereocenters. The number of nitriles is 1. The van der Waals surface area contributed by atoms with E-state index in [4.69, 9.17) is 10.4 Å². The molecule has 0 bridgehead atoms.